The van der Waals surface area contributed by atoms with Crippen molar-refractivity contribution in [3.63, 3.8) is 0 Å². The highest BCUT2D eigenvalue weighted by atomic mass is 32.1. The lowest BCUT2D eigenvalue weighted by Crippen LogP contribution is -2.49. The fraction of sp³-hybridized carbons (Fsp3) is 0.733. The predicted molar refractivity (Wildman–Crippen MR) is 86.3 cm³/mol. The minimum atomic E-state index is 0.134. The smallest absolute Gasteiger partial charge is 0.265 e. The molecule has 1 atom stereocenters. The molecular weight excluding hydrogens is 300 g/mol. The number of methoxy groups -OCH3 is 1. The van der Waals surface area contributed by atoms with Crippen LogP contribution >= 0.6 is 11.3 Å². The van der Waals surface area contributed by atoms with Gasteiger partial charge < -0.3 is 15.0 Å². The highest BCUT2D eigenvalue weighted by Gasteiger charge is 2.32. The molecular formula is C15H24N4O2S. The van der Waals surface area contributed by atoms with E-state index >= 15 is 0 Å². The molecule has 0 saturated carbocycles. The fourth-order valence-corrected chi connectivity index (χ4v) is 4.26. The minimum absolute atomic E-state index is 0.134. The molecule has 3 rings (SSSR count). The number of likely N-dealkylation sites (tertiary alicyclic amines) is 1. The van der Waals surface area contributed by atoms with Gasteiger partial charge in [0.2, 0.25) is 0 Å². The van der Waals surface area contributed by atoms with Crippen molar-refractivity contribution in [3.8, 4) is 0 Å². The second-order valence-corrected chi connectivity index (χ2v) is 7.02. The van der Waals surface area contributed by atoms with Crippen LogP contribution in [-0.4, -0.2) is 73.1 Å². The van der Waals surface area contributed by atoms with Crippen molar-refractivity contribution in [1.29, 1.82) is 0 Å². The van der Waals surface area contributed by atoms with Crippen LogP contribution in [0.15, 0.2) is 0 Å². The number of hydrogen-bond donors (Lipinski definition) is 1. The Bertz CT molecular complexity index is 528. The van der Waals surface area contributed by atoms with E-state index in [1.807, 2.05) is 11.8 Å². The van der Waals surface area contributed by atoms with Gasteiger partial charge in [-0.1, -0.05) is 0 Å². The Kier molecular flexibility index (Phi) is 5.07. The lowest BCUT2D eigenvalue weighted by Gasteiger charge is -2.32. The van der Waals surface area contributed by atoms with E-state index in [1.54, 1.807) is 7.11 Å². The van der Waals surface area contributed by atoms with Gasteiger partial charge in [0.05, 0.1) is 12.3 Å². The second-order valence-electron chi connectivity index (χ2n) is 5.93. The molecule has 6 nitrogen and oxygen atoms in total. The van der Waals surface area contributed by atoms with Crippen LogP contribution in [0.5, 0.6) is 0 Å². The van der Waals surface area contributed by atoms with Crippen LogP contribution < -0.4 is 5.32 Å². The first kappa shape index (κ1) is 15.9. The van der Waals surface area contributed by atoms with E-state index in [1.165, 1.54) is 11.3 Å². The Morgan fingerprint density at radius 1 is 1.41 bits per heavy atom. The molecule has 1 amide bonds. The number of rotatable bonds is 4. The minimum Gasteiger partial charge on any atom is -0.378 e. The fourth-order valence-electron chi connectivity index (χ4n) is 3.25. The topological polar surface area (TPSA) is 57.7 Å². The first-order valence-corrected chi connectivity index (χ1v) is 8.70. The third-order valence-corrected chi connectivity index (χ3v) is 5.54. The van der Waals surface area contributed by atoms with Crippen LogP contribution in [0.25, 0.3) is 0 Å². The first-order chi connectivity index (χ1) is 10.7. The number of amides is 1. The molecule has 0 aliphatic carbocycles. The molecule has 1 aromatic heterocycles. The van der Waals surface area contributed by atoms with Crippen molar-refractivity contribution < 1.29 is 9.53 Å². The number of aryl methyl sites for hydroxylation is 1. The highest BCUT2D eigenvalue weighted by molar-refractivity contribution is 7.13. The molecule has 2 saturated heterocycles. The van der Waals surface area contributed by atoms with Gasteiger partial charge in [-0.15, -0.1) is 11.3 Å². The van der Waals surface area contributed by atoms with Gasteiger partial charge >= 0.3 is 0 Å². The average Bonchev–Trinajstić information content (AvgIpc) is 3.15. The molecule has 0 bridgehead atoms. The maximum atomic E-state index is 12.7. The molecule has 0 radical (unpaired) electrons. The van der Waals surface area contributed by atoms with E-state index < -0.39 is 0 Å². The summed E-state index contributed by atoms with van der Waals surface area (Å²) in [4.78, 5) is 22.4. The molecule has 1 aromatic rings. The van der Waals surface area contributed by atoms with Gasteiger partial charge in [-0.2, -0.15) is 0 Å². The number of carbonyl (C=O) groups excluding carboxylic acids is 1. The summed E-state index contributed by atoms with van der Waals surface area (Å²) in [6, 6.07) is 0.512. The summed E-state index contributed by atoms with van der Waals surface area (Å²) >= 11 is 1.46. The van der Waals surface area contributed by atoms with E-state index in [0.717, 1.165) is 61.3 Å². The van der Waals surface area contributed by atoms with Crippen molar-refractivity contribution in [2.45, 2.75) is 26.0 Å². The molecule has 2 fully saturated rings. The average molecular weight is 324 g/mol. The molecule has 0 aromatic carbocycles. The maximum Gasteiger partial charge on any atom is 0.265 e. The predicted octanol–water partition coefficient (Wildman–Crippen LogP) is 0.718. The van der Waals surface area contributed by atoms with Gasteiger partial charge in [0.25, 0.3) is 5.91 Å². The van der Waals surface area contributed by atoms with Crippen LogP contribution in [0, 0.1) is 6.92 Å². The van der Waals surface area contributed by atoms with Crippen LogP contribution in [-0.2, 0) is 11.3 Å². The molecule has 122 valence electrons. The lowest BCUT2D eigenvalue weighted by atomic mass is 10.2. The van der Waals surface area contributed by atoms with E-state index in [2.05, 4.69) is 15.2 Å². The second kappa shape index (κ2) is 7.04. The number of hydrogen-bond acceptors (Lipinski definition) is 6. The van der Waals surface area contributed by atoms with Crippen molar-refractivity contribution >= 4 is 17.2 Å². The van der Waals surface area contributed by atoms with Crippen LogP contribution in [0.2, 0.25) is 0 Å². The standard InChI is InChI=1S/C15H24N4O2S/c1-11-14(22-13(17-11)10-21-2)15(20)19-6-3-12(9-19)18-7-4-16-5-8-18/h12,16H,3-10H2,1-2H3. The van der Waals surface area contributed by atoms with Crippen LogP contribution in [0.4, 0.5) is 0 Å². The molecule has 3 heterocycles. The molecule has 2 aliphatic heterocycles. The largest absolute Gasteiger partial charge is 0.378 e. The van der Waals surface area contributed by atoms with Crippen molar-refractivity contribution in [1.82, 2.24) is 20.1 Å². The summed E-state index contributed by atoms with van der Waals surface area (Å²) in [6.07, 6.45) is 1.08. The van der Waals surface area contributed by atoms with Gasteiger partial charge in [0, 0.05) is 52.4 Å². The van der Waals surface area contributed by atoms with E-state index in [4.69, 9.17) is 4.74 Å². The third-order valence-electron chi connectivity index (χ3n) is 4.42. The third kappa shape index (κ3) is 3.32. The SMILES string of the molecule is COCc1nc(C)c(C(=O)N2CCC(N3CCNCC3)C2)s1. The number of thiazole rings is 1. The number of ether oxygens (including phenoxy) is 1. The normalized spacial score (nSPS) is 23.2. The summed E-state index contributed by atoms with van der Waals surface area (Å²) in [7, 11) is 1.65. The Hall–Kier alpha value is -1.02. The number of aromatic nitrogens is 1. The lowest BCUT2D eigenvalue weighted by molar-refractivity contribution is 0.0777. The molecule has 1 N–H and O–H groups in total. The van der Waals surface area contributed by atoms with E-state index in [9.17, 15) is 4.79 Å². The zero-order valence-corrected chi connectivity index (χ0v) is 14.1. The number of carbonyl (C=O) groups is 1. The Balaban J connectivity index is 1.63. The number of nitrogens with zero attached hydrogens (tertiary/aromatic N) is 3. The zero-order chi connectivity index (χ0) is 15.5. The Morgan fingerprint density at radius 3 is 2.91 bits per heavy atom. The zero-order valence-electron chi connectivity index (χ0n) is 13.3. The van der Waals surface area contributed by atoms with Crippen molar-refractivity contribution in [2.75, 3.05) is 46.4 Å². The Morgan fingerprint density at radius 2 is 2.18 bits per heavy atom. The summed E-state index contributed by atoms with van der Waals surface area (Å²) < 4.78 is 5.11. The van der Waals surface area contributed by atoms with Crippen LogP contribution in [0.3, 0.4) is 0 Å². The summed E-state index contributed by atoms with van der Waals surface area (Å²) in [5, 5.41) is 4.26. The summed E-state index contributed by atoms with van der Waals surface area (Å²) in [5.41, 5.74) is 0.827. The molecule has 2 aliphatic rings. The molecule has 1 unspecified atom stereocenters. The highest BCUT2D eigenvalue weighted by Crippen LogP contribution is 2.24. The monoisotopic (exact) mass is 324 g/mol. The maximum absolute atomic E-state index is 12.7. The van der Waals surface area contributed by atoms with E-state index in [0.29, 0.717) is 12.6 Å². The van der Waals surface area contributed by atoms with Crippen molar-refractivity contribution in [3.05, 3.63) is 15.6 Å². The molecule has 0 spiro atoms. The number of nitrogens with one attached hydrogen (secondary N) is 1. The first-order valence-electron chi connectivity index (χ1n) is 7.88. The molecule has 7 heteroatoms. The van der Waals surface area contributed by atoms with Gasteiger partial charge in [-0.3, -0.25) is 9.69 Å². The van der Waals surface area contributed by atoms with E-state index in [-0.39, 0.29) is 5.91 Å². The van der Waals surface area contributed by atoms with Gasteiger partial charge in [0.1, 0.15) is 9.88 Å². The van der Waals surface area contributed by atoms with Gasteiger partial charge in [0.15, 0.2) is 0 Å². The van der Waals surface area contributed by atoms with Crippen LogP contribution in [0.1, 0.15) is 26.8 Å². The quantitative estimate of drug-likeness (QED) is 0.884. The van der Waals surface area contributed by atoms with Gasteiger partial charge in [-0.05, 0) is 13.3 Å². The van der Waals surface area contributed by atoms with Gasteiger partial charge in [-0.25, -0.2) is 4.98 Å². The number of piperazine rings is 1. The molecule has 22 heavy (non-hydrogen) atoms. The summed E-state index contributed by atoms with van der Waals surface area (Å²) in [6.45, 7) is 8.36. The van der Waals surface area contributed by atoms with Crippen molar-refractivity contribution in [2.24, 2.45) is 0 Å². The Labute approximate surface area is 135 Å². The summed E-state index contributed by atoms with van der Waals surface area (Å²) in [5.74, 6) is 0.134.